The van der Waals surface area contributed by atoms with Gasteiger partial charge in [0.25, 0.3) is 11.6 Å². The first-order chi connectivity index (χ1) is 11.5. The summed E-state index contributed by atoms with van der Waals surface area (Å²) in [5, 5.41) is 16.8. The Labute approximate surface area is 141 Å². The fourth-order valence-corrected chi connectivity index (χ4v) is 2.30. The molecule has 0 saturated heterocycles. The van der Waals surface area contributed by atoms with Gasteiger partial charge in [-0.15, -0.1) is 0 Å². The van der Waals surface area contributed by atoms with Gasteiger partial charge in [0.1, 0.15) is 5.58 Å². The van der Waals surface area contributed by atoms with Crippen molar-refractivity contribution in [3.63, 3.8) is 0 Å². The summed E-state index contributed by atoms with van der Waals surface area (Å²) in [5.41, 5.74) is 1.10. The third-order valence-electron chi connectivity index (χ3n) is 3.21. The van der Waals surface area contributed by atoms with Gasteiger partial charge in [0.05, 0.1) is 4.92 Å². The Morgan fingerprint density at radius 3 is 2.50 bits per heavy atom. The van der Waals surface area contributed by atoms with E-state index in [1.165, 1.54) is 24.3 Å². The van der Waals surface area contributed by atoms with Crippen LogP contribution in [0.2, 0.25) is 0 Å². The number of nitro benzene ring substituents is 1. The van der Waals surface area contributed by atoms with Crippen LogP contribution in [0.15, 0.2) is 59.0 Å². The molecule has 24 heavy (non-hydrogen) atoms. The second kappa shape index (κ2) is 6.47. The summed E-state index contributed by atoms with van der Waals surface area (Å²) in [5.74, 6) is -0.338. The average Bonchev–Trinajstić information content (AvgIpc) is 2.99. The van der Waals surface area contributed by atoms with Crippen molar-refractivity contribution in [1.82, 2.24) is 5.32 Å². The number of benzene rings is 2. The highest BCUT2D eigenvalue weighted by atomic mass is 32.1. The topological polar surface area (TPSA) is 97.4 Å². The quantitative estimate of drug-likeness (QED) is 0.430. The molecular weight excluding hydrogens is 330 g/mol. The number of fused-ring (bicyclic) bond motifs is 1. The second-order valence-corrected chi connectivity index (χ2v) is 5.27. The molecule has 8 heteroatoms. The van der Waals surface area contributed by atoms with E-state index in [1.807, 2.05) is 18.2 Å². The van der Waals surface area contributed by atoms with Crippen LogP contribution in [0.25, 0.3) is 11.0 Å². The number of thiocarbonyl (C=S) groups is 1. The number of nitro groups is 1. The minimum Gasteiger partial charge on any atom is -0.451 e. The van der Waals surface area contributed by atoms with Crippen molar-refractivity contribution in [2.24, 2.45) is 0 Å². The Kier molecular flexibility index (Phi) is 4.21. The van der Waals surface area contributed by atoms with Crippen LogP contribution in [-0.2, 0) is 0 Å². The third-order valence-corrected chi connectivity index (χ3v) is 3.42. The number of para-hydroxylation sites is 1. The predicted molar refractivity (Wildman–Crippen MR) is 93.0 cm³/mol. The molecule has 0 aliphatic heterocycles. The maximum absolute atomic E-state index is 12.1. The standard InChI is InChI=1S/C16H11N3O4S/c20-15(14-9-10-3-1-2-4-13(10)23-14)18-16(24)17-11-5-7-12(8-6-11)19(21)22/h1-9H,(H2,17,18,20,24). The average molecular weight is 341 g/mol. The molecule has 0 bridgehead atoms. The summed E-state index contributed by atoms with van der Waals surface area (Å²) in [7, 11) is 0. The molecule has 0 aliphatic rings. The first-order valence-corrected chi connectivity index (χ1v) is 7.29. The number of anilines is 1. The molecular formula is C16H11N3O4S. The van der Waals surface area contributed by atoms with Gasteiger partial charge in [-0.25, -0.2) is 0 Å². The Balaban J connectivity index is 1.65. The molecule has 0 saturated carbocycles. The number of hydrogen-bond acceptors (Lipinski definition) is 5. The molecule has 3 aromatic rings. The zero-order chi connectivity index (χ0) is 17.1. The summed E-state index contributed by atoms with van der Waals surface area (Å²) >= 11 is 5.06. The van der Waals surface area contributed by atoms with E-state index in [1.54, 1.807) is 12.1 Å². The van der Waals surface area contributed by atoms with E-state index in [0.29, 0.717) is 11.3 Å². The number of carbonyl (C=O) groups excluding carboxylic acids is 1. The van der Waals surface area contributed by atoms with Crippen molar-refractivity contribution in [2.45, 2.75) is 0 Å². The van der Waals surface area contributed by atoms with E-state index in [0.717, 1.165) is 5.39 Å². The molecule has 0 fully saturated rings. The van der Waals surface area contributed by atoms with Crippen LogP contribution in [0.4, 0.5) is 11.4 Å². The van der Waals surface area contributed by atoms with Crippen LogP contribution in [0.1, 0.15) is 10.6 Å². The van der Waals surface area contributed by atoms with Crippen LogP contribution < -0.4 is 10.6 Å². The number of furan rings is 1. The lowest BCUT2D eigenvalue weighted by molar-refractivity contribution is -0.384. The lowest BCUT2D eigenvalue weighted by Gasteiger charge is -2.08. The minimum atomic E-state index is -0.495. The van der Waals surface area contributed by atoms with Crippen molar-refractivity contribution >= 4 is 45.6 Å². The number of rotatable bonds is 3. The fourth-order valence-electron chi connectivity index (χ4n) is 2.09. The summed E-state index contributed by atoms with van der Waals surface area (Å²) in [4.78, 5) is 22.2. The molecule has 120 valence electrons. The summed E-state index contributed by atoms with van der Waals surface area (Å²) in [6.07, 6.45) is 0. The molecule has 1 amide bonds. The Bertz CT molecular complexity index is 901. The van der Waals surface area contributed by atoms with Gasteiger partial charge in [-0.05, 0) is 36.5 Å². The van der Waals surface area contributed by atoms with Crippen molar-refractivity contribution in [3.8, 4) is 0 Å². The van der Waals surface area contributed by atoms with Crippen LogP contribution in [0, 0.1) is 10.1 Å². The molecule has 3 rings (SSSR count). The molecule has 2 aromatic carbocycles. The minimum absolute atomic E-state index is 0.0298. The molecule has 7 nitrogen and oxygen atoms in total. The van der Waals surface area contributed by atoms with Crippen LogP contribution in [0.5, 0.6) is 0 Å². The van der Waals surface area contributed by atoms with Gasteiger partial charge >= 0.3 is 0 Å². The molecule has 0 spiro atoms. The summed E-state index contributed by atoms with van der Waals surface area (Å²) in [6.45, 7) is 0. The maximum atomic E-state index is 12.1. The molecule has 0 unspecified atom stereocenters. The van der Waals surface area contributed by atoms with E-state index in [-0.39, 0.29) is 16.6 Å². The third kappa shape index (κ3) is 3.39. The largest absolute Gasteiger partial charge is 0.451 e. The summed E-state index contributed by atoms with van der Waals surface area (Å²) in [6, 6.07) is 14.6. The van der Waals surface area contributed by atoms with Gasteiger partial charge in [-0.1, -0.05) is 18.2 Å². The molecule has 1 aromatic heterocycles. The molecule has 1 heterocycles. The number of nitrogens with zero attached hydrogens (tertiary/aromatic N) is 1. The lowest BCUT2D eigenvalue weighted by atomic mass is 10.2. The Morgan fingerprint density at radius 2 is 1.83 bits per heavy atom. The van der Waals surface area contributed by atoms with Crippen molar-refractivity contribution in [3.05, 3.63) is 70.5 Å². The monoisotopic (exact) mass is 341 g/mol. The summed E-state index contributed by atoms with van der Waals surface area (Å²) < 4.78 is 5.45. The molecule has 0 radical (unpaired) electrons. The highest BCUT2D eigenvalue weighted by Gasteiger charge is 2.13. The highest BCUT2D eigenvalue weighted by Crippen LogP contribution is 2.19. The SMILES string of the molecule is O=C(NC(=S)Nc1ccc([N+](=O)[O-])cc1)c1cc2ccccc2o1. The molecule has 0 atom stereocenters. The Morgan fingerprint density at radius 1 is 1.12 bits per heavy atom. The number of nitrogens with one attached hydrogen (secondary N) is 2. The van der Waals surface area contributed by atoms with Crippen LogP contribution in [-0.4, -0.2) is 15.9 Å². The van der Waals surface area contributed by atoms with Crippen LogP contribution in [0.3, 0.4) is 0 Å². The van der Waals surface area contributed by atoms with Crippen molar-refractivity contribution in [2.75, 3.05) is 5.32 Å². The second-order valence-electron chi connectivity index (χ2n) is 4.86. The zero-order valence-corrected chi connectivity index (χ0v) is 13.0. The van der Waals surface area contributed by atoms with Gasteiger partial charge in [-0.3, -0.25) is 20.2 Å². The smallest absolute Gasteiger partial charge is 0.293 e. The van der Waals surface area contributed by atoms with E-state index >= 15 is 0 Å². The van der Waals surface area contributed by atoms with Gasteiger partial charge in [0, 0.05) is 23.2 Å². The first kappa shape index (κ1) is 15.6. The zero-order valence-electron chi connectivity index (χ0n) is 12.2. The van der Waals surface area contributed by atoms with Gasteiger partial charge in [0.15, 0.2) is 10.9 Å². The fraction of sp³-hybridized carbons (Fsp3) is 0. The van der Waals surface area contributed by atoms with E-state index in [4.69, 9.17) is 16.6 Å². The lowest BCUT2D eigenvalue weighted by Crippen LogP contribution is -2.33. The van der Waals surface area contributed by atoms with Gasteiger partial charge in [0.2, 0.25) is 0 Å². The number of hydrogen-bond donors (Lipinski definition) is 2. The number of non-ortho nitro benzene ring substituents is 1. The predicted octanol–water partition coefficient (Wildman–Crippen LogP) is 3.47. The molecule has 2 N–H and O–H groups in total. The number of amides is 1. The van der Waals surface area contributed by atoms with Crippen molar-refractivity contribution in [1.29, 1.82) is 0 Å². The first-order valence-electron chi connectivity index (χ1n) is 6.88. The highest BCUT2D eigenvalue weighted by molar-refractivity contribution is 7.80. The van der Waals surface area contributed by atoms with Crippen LogP contribution >= 0.6 is 12.2 Å². The van der Waals surface area contributed by atoms with E-state index in [9.17, 15) is 14.9 Å². The van der Waals surface area contributed by atoms with E-state index in [2.05, 4.69) is 10.6 Å². The van der Waals surface area contributed by atoms with Gasteiger partial charge < -0.3 is 9.73 Å². The molecule has 0 aliphatic carbocycles. The van der Waals surface area contributed by atoms with Crippen molar-refractivity contribution < 1.29 is 14.1 Å². The van der Waals surface area contributed by atoms with Gasteiger partial charge in [-0.2, -0.15) is 0 Å². The maximum Gasteiger partial charge on any atom is 0.293 e. The normalized spacial score (nSPS) is 10.3. The number of carbonyl (C=O) groups is 1. The van der Waals surface area contributed by atoms with E-state index < -0.39 is 10.8 Å². The Hall–Kier alpha value is -3.26.